The third kappa shape index (κ3) is 5.23. The summed E-state index contributed by atoms with van der Waals surface area (Å²) in [6, 6.07) is 12.7. The standard InChI is InChI=1S/C22H22ClN3O3S/c23-17-3-1-2-15(12-17)13-20-22(28)25-18-14-16(4-5-19(18)30-20)21(27)24-6-7-26-8-10-29-11-9-26/h1-5,12-14H,6-11H2,(H,24,27)(H,25,28)/p+1. The Morgan fingerprint density at radius 2 is 2.07 bits per heavy atom. The van der Waals surface area contributed by atoms with Crippen molar-refractivity contribution in [3.63, 3.8) is 0 Å². The Labute approximate surface area is 184 Å². The van der Waals surface area contributed by atoms with Crippen LogP contribution in [-0.2, 0) is 9.53 Å². The molecule has 0 bridgehead atoms. The molecule has 1 saturated heterocycles. The summed E-state index contributed by atoms with van der Waals surface area (Å²) in [5.41, 5.74) is 2.05. The van der Waals surface area contributed by atoms with Gasteiger partial charge in [-0.25, -0.2) is 0 Å². The molecule has 0 radical (unpaired) electrons. The van der Waals surface area contributed by atoms with Gasteiger partial charge in [-0.1, -0.05) is 35.5 Å². The number of quaternary nitrogens is 1. The minimum atomic E-state index is -0.194. The average Bonchev–Trinajstić information content (AvgIpc) is 2.75. The van der Waals surface area contributed by atoms with Gasteiger partial charge in [0.25, 0.3) is 11.8 Å². The summed E-state index contributed by atoms with van der Waals surface area (Å²) < 4.78 is 5.35. The Balaban J connectivity index is 1.40. The van der Waals surface area contributed by atoms with E-state index in [1.165, 1.54) is 16.7 Å². The van der Waals surface area contributed by atoms with Gasteiger partial charge in [0.05, 0.1) is 36.9 Å². The number of benzene rings is 2. The average molecular weight is 445 g/mol. The second-order valence-corrected chi connectivity index (χ2v) is 8.72. The van der Waals surface area contributed by atoms with Gasteiger partial charge in [-0.2, -0.15) is 0 Å². The zero-order valence-corrected chi connectivity index (χ0v) is 17.9. The highest BCUT2D eigenvalue weighted by molar-refractivity contribution is 8.04. The lowest BCUT2D eigenvalue weighted by molar-refractivity contribution is -0.906. The second-order valence-electron chi connectivity index (χ2n) is 7.20. The second kappa shape index (κ2) is 9.66. The number of nitrogens with one attached hydrogen (secondary N) is 3. The highest BCUT2D eigenvalue weighted by Gasteiger charge is 2.22. The minimum absolute atomic E-state index is 0.134. The van der Waals surface area contributed by atoms with Crippen molar-refractivity contribution in [3.8, 4) is 0 Å². The zero-order valence-electron chi connectivity index (χ0n) is 16.4. The van der Waals surface area contributed by atoms with Crippen LogP contribution in [0.2, 0.25) is 5.02 Å². The molecule has 2 aromatic rings. The quantitative estimate of drug-likeness (QED) is 0.617. The molecule has 0 saturated carbocycles. The Morgan fingerprint density at radius 1 is 1.23 bits per heavy atom. The van der Waals surface area contributed by atoms with Crippen molar-refractivity contribution in [3.05, 3.63) is 63.5 Å². The maximum Gasteiger partial charge on any atom is 0.262 e. The van der Waals surface area contributed by atoms with Gasteiger partial charge in [-0.15, -0.1) is 0 Å². The van der Waals surface area contributed by atoms with Gasteiger partial charge in [-0.05, 0) is 42.0 Å². The van der Waals surface area contributed by atoms with E-state index in [2.05, 4.69) is 10.6 Å². The molecule has 30 heavy (non-hydrogen) atoms. The first-order valence-electron chi connectivity index (χ1n) is 9.88. The van der Waals surface area contributed by atoms with Crippen molar-refractivity contribution in [1.29, 1.82) is 0 Å². The molecule has 6 nitrogen and oxygen atoms in total. The molecular weight excluding hydrogens is 422 g/mol. The van der Waals surface area contributed by atoms with E-state index in [9.17, 15) is 9.59 Å². The molecule has 1 fully saturated rings. The number of morpholine rings is 1. The Morgan fingerprint density at radius 3 is 2.87 bits per heavy atom. The van der Waals surface area contributed by atoms with Gasteiger partial charge >= 0.3 is 0 Å². The van der Waals surface area contributed by atoms with Crippen LogP contribution in [0.1, 0.15) is 15.9 Å². The number of fused-ring (bicyclic) bond motifs is 1. The summed E-state index contributed by atoms with van der Waals surface area (Å²) in [4.78, 5) is 27.9. The highest BCUT2D eigenvalue weighted by Crippen LogP contribution is 2.39. The molecule has 0 unspecified atom stereocenters. The van der Waals surface area contributed by atoms with E-state index in [-0.39, 0.29) is 11.8 Å². The highest BCUT2D eigenvalue weighted by atomic mass is 35.5. The molecule has 0 aliphatic carbocycles. The first-order valence-corrected chi connectivity index (χ1v) is 11.1. The topological polar surface area (TPSA) is 71.9 Å². The van der Waals surface area contributed by atoms with Crippen LogP contribution in [0.25, 0.3) is 6.08 Å². The van der Waals surface area contributed by atoms with E-state index in [4.69, 9.17) is 16.3 Å². The first kappa shape index (κ1) is 20.9. The van der Waals surface area contributed by atoms with Crippen LogP contribution in [0.15, 0.2) is 52.3 Å². The number of hydrogen-bond acceptors (Lipinski definition) is 4. The lowest BCUT2D eigenvalue weighted by Crippen LogP contribution is -3.14. The number of thioether (sulfide) groups is 1. The predicted octanol–water partition coefficient (Wildman–Crippen LogP) is 2.07. The molecule has 0 spiro atoms. The van der Waals surface area contributed by atoms with Gasteiger partial charge in [0, 0.05) is 15.5 Å². The number of rotatable bonds is 5. The largest absolute Gasteiger partial charge is 0.370 e. The fourth-order valence-electron chi connectivity index (χ4n) is 3.41. The molecule has 0 atom stereocenters. The fourth-order valence-corrected chi connectivity index (χ4v) is 4.54. The van der Waals surface area contributed by atoms with Gasteiger partial charge in [-0.3, -0.25) is 9.59 Å². The number of anilines is 1. The summed E-state index contributed by atoms with van der Waals surface area (Å²) >= 11 is 7.41. The molecule has 2 aromatic carbocycles. The Kier molecular flexibility index (Phi) is 6.74. The van der Waals surface area contributed by atoms with Gasteiger partial charge < -0.3 is 20.3 Å². The molecule has 8 heteroatoms. The van der Waals surface area contributed by atoms with E-state index in [1.54, 1.807) is 18.2 Å². The molecule has 2 aliphatic heterocycles. The van der Waals surface area contributed by atoms with Gasteiger partial charge in [0.15, 0.2) is 0 Å². The number of carbonyl (C=O) groups excluding carboxylic acids is 2. The van der Waals surface area contributed by atoms with Crippen molar-refractivity contribution in [2.45, 2.75) is 4.90 Å². The van der Waals surface area contributed by atoms with E-state index < -0.39 is 0 Å². The van der Waals surface area contributed by atoms with Crippen LogP contribution in [0.4, 0.5) is 5.69 Å². The summed E-state index contributed by atoms with van der Waals surface area (Å²) in [6.45, 7) is 4.99. The number of ether oxygens (including phenoxy) is 1. The Bertz CT molecular complexity index is 989. The van der Waals surface area contributed by atoms with Gasteiger partial charge in [0.2, 0.25) is 0 Å². The number of amides is 2. The molecular formula is C22H23ClN3O3S+. The molecule has 3 N–H and O–H groups in total. The third-order valence-corrected chi connectivity index (χ3v) is 6.38. The number of halogens is 1. The summed E-state index contributed by atoms with van der Waals surface area (Å²) in [5, 5.41) is 6.48. The summed E-state index contributed by atoms with van der Waals surface area (Å²) in [7, 11) is 0. The maximum absolute atomic E-state index is 12.5. The minimum Gasteiger partial charge on any atom is -0.370 e. The third-order valence-electron chi connectivity index (χ3n) is 5.04. The van der Waals surface area contributed by atoms with E-state index >= 15 is 0 Å². The lowest BCUT2D eigenvalue weighted by atomic mass is 10.1. The van der Waals surface area contributed by atoms with Crippen molar-refractivity contribution in [2.24, 2.45) is 0 Å². The molecule has 2 aliphatic rings. The van der Waals surface area contributed by atoms with E-state index in [0.29, 0.717) is 27.7 Å². The van der Waals surface area contributed by atoms with Crippen molar-refractivity contribution in [1.82, 2.24) is 5.32 Å². The van der Waals surface area contributed by atoms with Crippen LogP contribution >= 0.6 is 23.4 Å². The number of carbonyl (C=O) groups is 2. The fraction of sp³-hybridized carbons (Fsp3) is 0.273. The summed E-state index contributed by atoms with van der Waals surface area (Å²) in [5.74, 6) is -0.328. The lowest BCUT2D eigenvalue weighted by Gasteiger charge is -2.23. The predicted molar refractivity (Wildman–Crippen MR) is 119 cm³/mol. The Hall–Kier alpha value is -2.32. The SMILES string of the molecule is O=C1Nc2cc(C(=O)NCC[NH+]3CCOCC3)ccc2SC1=Cc1cccc(Cl)c1. The van der Waals surface area contributed by atoms with Crippen molar-refractivity contribution < 1.29 is 19.2 Å². The molecule has 156 valence electrons. The number of hydrogen-bond donors (Lipinski definition) is 3. The normalized spacial score (nSPS) is 18.0. The van der Waals surface area contributed by atoms with E-state index in [0.717, 1.165) is 43.3 Å². The molecule has 2 heterocycles. The zero-order chi connectivity index (χ0) is 20.9. The first-order chi connectivity index (χ1) is 14.6. The van der Waals surface area contributed by atoms with Crippen LogP contribution < -0.4 is 15.5 Å². The molecule has 4 rings (SSSR count). The van der Waals surface area contributed by atoms with Gasteiger partial charge in [0.1, 0.15) is 13.1 Å². The van der Waals surface area contributed by atoms with Crippen molar-refractivity contribution >= 4 is 46.9 Å². The van der Waals surface area contributed by atoms with Crippen LogP contribution in [-0.4, -0.2) is 51.2 Å². The van der Waals surface area contributed by atoms with Crippen LogP contribution in [0.3, 0.4) is 0 Å². The van der Waals surface area contributed by atoms with Crippen molar-refractivity contribution in [2.75, 3.05) is 44.7 Å². The molecule has 2 amide bonds. The monoisotopic (exact) mass is 444 g/mol. The van der Waals surface area contributed by atoms with Crippen LogP contribution in [0.5, 0.6) is 0 Å². The smallest absolute Gasteiger partial charge is 0.262 e. The maximum atomic E-state index is 12.5. The summed E-state index contributed by atoms with van der Waals surface area (Å²) in [6.07, 6.45) is 1.81. The molecule has 0 aromatic heterocycles. The van der Waals surface area contributed by atoms with Crippen LogP contribution in [0, 0.1) is 0 Å². The van der Waals surface area contributed by atoms with E-state index in [1.807, 2.05) is 30.3 Å².